The van der Waals surface area contributed by atoms with Crippen molar-refractivity contribution in [1.82, 2.24) is 0 Å². The number of aliphatic imine (C=N–C) groups is 1. The van der Waals surface area contributed by atoms with Crippen molar-refractivity contribution >= 4 is 39.2 Å². The highest BCUT2D eigenvalue weighted by molar-refractivity contribution is 9.10. The third-order valence-corrected chi connectivity index (χ3v) is 5.68. The molecule has 1 unspecified atom stereocenters. The van der Waals surface area contributed by atoms with Crippen LogP contribution in [0.15, 0.2) is 27.7 Å². The molecule has 0 saturated heterocycles. The summed E-state index contributed by atoms with van der Waals surface area (Å²) in [6.45, 7) is 3.03. The van der Waals surface area contributed by atoms with Crippen LogP contribution in [-0.2, 0) is 0 Å². The fourth-order valence-electron chi connectivity index (χ4n) is 3.21. The molecule has 0 aromatic heterocycles. The molecule has 1 atom stereocenters. The highest BCUT2D eigenvalue weighted by Crippen LogP contribution is 2.40. The zero-order valence-corrected chi connectivity index (χ0v) is 13.9. The van der Waals surface area contributed by atoms with Crippen molar-refractivity contribution in [3.8, 4) is 0 Å². The van der Waals surface area contributed by atoms with Gasteiger partial charge in [-0.3, -0.25) is 4.99 Å². The van der Waals surface area contributed by atoms with Gasteiger partial charge in [-0.2, -0.15) is 0 Å². The van der Waals surface area contributed by atoms with Crippen molar-refractivity contribution in [2.75, 3.05) is 11.4 Å². The van der Waals surface area contributed by atoms with Gasteiger partial charge >= 0.3 is 0 Å². The van der Waals surface area contributed by atoms with E-state index in [1.54, 1.807) is 0 Å². The average molecular weight is 357 g/mol. The van der Waals surface area contributed by atoms with Gasteiger partial charge in [-0.15, -0.1) is 0 Å². The SMILES string of the molecule is CC1(CC2CCC2)CN=C(N)N1c1ccc(Cl)c(Br)c1. The van der Waals surface area contributed by atoms with Crippen LogP contribution in [0, 0.1) is 5.92 Å². The molecule has 1 aromatic rings. The average Bonchev–Trinajstić information content (AvgIpc) is 2.65. The van der Waals surface area contributed by atoms with Gasteiger partial charge in [0.1, 0.15) is 0 Å². The topological polar surface area (TPSA) is 41.6 Å². The second kappa shape index (κ2) is 5.23. The first kappa shape index (κ1) is 14.2. The van der Waals surface area contributed by atoms with Gasteiger partial charge in [0.2, 0.25) is 0 Å². The smallest absolute Gasteiger partial charge is 0.196 e. The van der Waals surface area contributed by atoms with Gasteiger partial charge in [0.05, 0.1) is 17.1 Å². The number of halogens is 2. The van der Waals surface area contributed by atoms with Gasteiger partial charge in [0, 0.05) is 10.2 Å². The number of guanidine groups is 1. The minimum Gasteiger partial charge on any atom is -0.369 e. The van der Waals surface area contributed by atoms with Crippen molar-refractivity contribution in [2.45, 2.75) is 38.1 Å². The number of benzene rings is 1. The number of hydrogen-bond acceptors (Lipinski definition) is 3. The van der Waals surface area contributed by atoms with Gasteiger partial charge in [0.25, 0.3) is 0 Å². The predicted molar refractivity (Wildman–Crippen MR) is 88.5 cm³/mol. The van der Waals surface area contributed by atoms with Crippen LogP contribution in [0.5, 0.6) is 0 Å². The molecule has 2 aliphatic rings. The Morgan fingerprint density at radius 1 is 1.50 bits per heavy atom. The molecular weight excluding hydrogens is 338 g/mol. The van der Waals surface area contributed by atoms with Gasteiger partial charge in [-0.1, -0.05) is 30.9 Å². The fourth-order valence-corrected chi connectivity index (χ4v) is 3.70. The maximum absolute atomic E-state index is 6.14. The Kier molecular flexibility index (Phi) is 3.71. The summed E-state index contributed by atoms with van der Waals surface area (Å²) in [5.74, 6) is 1.43. The highest BCUT2D eigenvalue weighted by Gasteiger charge is 2.41. The summed E-state index contributed by atoms with van der Waals surface area (Å²) in [5, 5.41) is 0.712. The fraction of sp³-hybridized carbons (Fsp3) is 0.533. The molecule has 1 aliphatic carbocycles. The molecule has 3 rings (SSSR count). The Morgan fingerprint density at radius 2 is 2.25 bits per heavy atom. The Labute approximate surface area is 133 Å². The van der Waals surface area contributed by atoms with E-state index in [9.17, 15) is 0 Å². The number of nitrogens with two attached hydrogens (primary N) is 1. The molecule has 5 heteroatoms. The molecule has 0 radical (unpaired) electrons. The lowest BCUT2D eigenvalue weighted by molar-refractivity contribution is 0.243. The molecule has 3 nitrogen and oxygen atoms in total. The summed E-state index contributed by atoms with van der Waals surface area (Å²) in [7, 11) is 0. The lowest BCUT2D eigenvalue weighted by atomic mass is 9.76. The number of anilines is 1. The van der Waals surface area contributed by atoms with E-state index in [0.29, 0.717) is 11.0 Å². The molecule has 108 valence electrons. The van der Waals surface area contributed by atoms with E-state index in [4.69, 9.17) is 17.3 Å². The van der Waals surface area contributed by atoms with Crippen LogP contribution in [-0.4, -0.2) is 18.0 Å². The first-order chi connectivity index (χ1) is 9.49. The second-order valence-corrected chi connectivity index (χ2v) is 7.37. The largest absolute Gasteiger partial charge is 0.369 e. The molecule has 1 aliphatic heterocycles. The van der Waals surface area contributed by atoms with Crippen molar-refractivity contribution in [2.24, 2.45) is 16.6 Å². The molecule has 0 amide bonds. The lowest BCUT2D eigenvalue weighted by Gasteiger charge is -2.41. The van der Waals surface area contributed by atoms with Gasteiger partial charge in [-0.25, -0.2) is 0 Å². The van der Waals surface area contributed by atoms with Gasteiger partial charge in [0.15, 0.2) is 5.96 Å². The minimum atomic E-state index is -0.0115. The summed E-state index contributed by atoms with van der Waals surface area (Å²) in [6.07, 6.45) is 5.20. The summed E-state index contributed by atoms with van der Waals surface area (Å²) in [6, 6.07) is 5.94. The van der Waals surface area contributed by atoms with Crippen LogP contribution in [0.2, 0.25) is 5.02 Å². The van der Waals surface area contributed by atoms with E-state index in [-0.39, 0.29) is 5.54 Å². The van der Waals surface area contributed by atoms with E-state index in [2.05, 4.69) is 32.7 Å². The summed E-state index contributed by atoms with van der Waals surface area (Å²) >= 11 is 9.57. The molecule has 1 saturated carbocycles. The Hall–Kier alpha value is -0.740. The van der Waals surface area contributed by atoms with Crippen LogP contribution >= 0.6 is 27.5 Å². The molecule has 1 fully saturated rings. The Morgan fingerprint density at radius 3 is 2.85 bits per heavy atom. The van der Waals surface area contributed by atoms with E-state index in [1.807, 2.05) is 18.2 Å². The van der Waals surface area contributed by atoms with Crippen LogP contribution in [0.3, 0.4) is 0 Å². The van der Waals surface area contributed by atoms with E-state index in [0.717, 1.165) is 29.0 Å². The van der Waals surface area contributed by atoms with Crippen LogP contribution in [0.1, 0.15) is 32.6 Å². The van der Waals surface area contributed by atoms with Crippen LogP contribution < -0.4 is 10.6 Å². The number of hydrogen-bond donors (Lipinski definition) is 1. The quantitative estimate of drug-likeness (QED) is 0.882. The molecular formula is C15H19BrClN3. The molecule has 1 heterocycles. The zero-order chi connectivity index (χ0) is 14.3. The van der Waals surface area contributed by atoms with Crippen LogP contribution in [0.4, 0.5) is 5.69 Å². The monoisotopic (exact) mass is 355 g/mol. The van der Waals surface area contributed by atoms with Crippen molar-refractivity contribution < 1.29 is 0 Å². The maximum Gasteiger partial charge on any atom is 0.196 e. The van der Waals surface area contributed by atoms with Crippen molar-refractivity contribution in [1.29, 1.82) is 0 Å². The Bertz CT molecular complexity index is 556. The first-order valence-corrected chi connectivity index (χ1v) is 8.22. The summed E-state index contributed by atoms with van der Waals surface area (Å²) < 4.78 is 0.891. The predicted octanol–water partition coefficient (Wildman–Crippen LogP) is 4.19. The van der Waals surface area contributed by atoms with Gasteiger partial charge in [-0.05, 0) is 53.4 Å². The molecule has 20 heavy (non-hydrogen) atoms. The molecule has 0 bridgehead atoms. The zero-order valence-electron chi connectivity index (χ0n) is 11.6. The molecule has 1 aromatic carbocycles. The third-order valence-electron chi connectivity index (χ3n) is 4.47. The third kappa shape index (κ3) is 2.44. The van der Waals surface area contributed by atoms with E-state index < -0.39 is 0 Å². The molecule has 0 spiro atoms. The first-order valence-electron chi connectivity index (χ1n) is 7.05. The summed E-state index contributed by atoms with van der Waals surface area (Å²) in [4.78, 5) is 6.66. The lowest BCUT2D eigenvalue weighted by Crippen LogP contribution is -2.51. The van der Waals surface area contributed by atoms with Crippen LogP contribution in [0.25, 0.3) is 0 Å². The van der Waals surface area contributed by atoms with Crippen molar-refractivity contribution in [3.63, 3.8) is 0 Å². The maximum atomic E-state index is 6.14. The van der Waals surface area contributed by atoms with E-state index >= 15 is 0 Å². The standard InChI is InChI=1S/C15H19BrClN3/c1-15(8-10-3-2-4-10)9-19-14(18)20(15)11-5-6-13(17)12(16)7-11/h5-7,10H,2-4,8-9H2,1H3,(H2,18,19). The highest BCUT2D eigenvalue weighted by atomic mass is 79.9. The Balaban J connectivity index is 1.90. The summed E-state index contributed by atoms with van der Waals surface area (Å²) in [5.41, 5.74) is 7.18. The normalized spacial score (nSPS) is 26.6. The minimum absolute atomic E-state index is 0.0115. The second-order valence-electron chi connectivity index (χ2n) is 6.11. The van der Waals surface area contributed by atoms with E-state index in [1.165, 1.54) is 19.3 Å². The number of rotatable bonds is 3. The number of nitrogens with zero attached hydrogens (tertiary/aromatic N) is 2. The van der Waals surface area contributed by atoms with Gasteiger partial charge < -0.3 is 10.6 Å². The molecule has 2 N–H and O–H groups in total. The van der Waals surface area contributed by atoms with Crippen molar-refractivity contribution in [3.05, 3.63) is 27.7 Å².